The molecule has 4 rings (SSSR count). The predicted molar refractivity (Wildman–Crippen MR) is 121 cm³/mol. The van der Waals surface area contributed by atoms with Crippen LogP contribution in [0.25, 0.3) is 0 Å². The van der Waals surface area contributed by atoms with Crippen molar-refractivity contribution in [1.82, 2.24) is 15.2 Å². The van der Waals surface area contributed by atoms with Crippen molar-refractivity contribution in [3.05, 3.63) is 33.3 Å². The van der Waals surface area contributed by atoms with Crippen LogP contribution in [0.15, 0.2) is 32.8 Å². The van der Waals surface area contributed by atoms with Crippen molar-refractivity contribution in [2.24, 2.45) is 5.16 Å². The van der Waals surface area contributed by atoms with E-state index in [-0.39, 0.29) is 34.6 Å². The summed E-state index contributed by atoms with van der Waals surface area (Å²) >= 11 is 3.60. The highest BCUT2D eigenvalue weighted by atomic mass is 32.2. The van der Waals surface area contributed by atoms with E-state index in [9.17, 15) is 24.3 Å². The van der Waals surface area contributed by atoms with Crippen LogP contribution < -0.4 is 11.1 Å². The molecular weight excluding hydrogens is 494 g/mol. The zero-order chi connectivity index (χ0) is 23.7. The zero-order valence-electron chi connectivity index (χ0n) is 17.0. The van der Waals surface area contributed by atoms with Crippen LogP contribution in [0, 0.1) is 0 Å². The van der Waals surface area contributed by atoms with Crippen LogP contribution in [-0.2, 0) is 28.8 Å². The van der Waals surface area contributed by atoms with E-state index in [2.05, 4.69) is 15.5 Å². The third kappa shape index (κ3) is 4.43. The number of carbonyl (C=O) groups is 4. The van der Waals surface area contributed by atoms with Gasteiger partial charge < -0.3 is 25.7 Å². The summed E-state index contributed by atoms with van der Waals surface area (Å²) in [4.78, 5) is 59.5. The molecule has 0 aromatic carbocycles. The summed E-state index contributed by atoms with van der Waals surface area (Å²) in [5, 5.41) is 17.2. The van der Waals surface area contributed by atoms with Gasteiger partial charge in [-0.05, 0) is 6.08 Å². The molecule has 1 aromatic rings. The average Bonchev–Trinajstić information content (AvgIpc) is 3.40. The van der Waals surface area contributed by atoms with E-state index < -0.39 is 35.2 Å². The number of rotatable bonds is 8. The molecule has 0 spiro atoms. The largest absolute Gasteiger partial charge is 0.477 e. The van der Waals surface area contributed by atoms with E-state index in [0.29, 0.717) is 16.2 Å². The number of hydrogen-bond acceptors (Lipinski definition) is 12. The third-order valence-electron chi connectivity index (χ3n) is 4.79. The van der Waals surface area contributed by atoms with E-state index in [4.69, 9.17) is 15.3 Å². The molecule has 0 unspecified atom stereocenters. The number of hydrogen-bond donors (Lipinski definition) is 3. The van der Waals surface area contributed by atoms with Crippen molar-refractivity contribution in [2.45, 2.75) is 11.4 Å². The SMILES string of the molecule is CON=C(C(=O)N[C@@H]1C(=O)N2C(C(=O)O)=C(SCC3=CCOC3=O)CS[C@@H]12)c1csc(N)n1. The second-order valence-electron chi connectivity index (χ2n) is 6.75. The van der Waals surface area contributed by atoms with Gasteiger partial charge in [-0.3, -0.25) is 14.5 Å². The Balaban J connectivity index is 1.48. The van der Waals surface area contributed by atoms with E-state index in [1.807, 2.05) is 0 Å². The van der Waals surface area contributed by atoms with Crippen molar-refractivity contribution >= 4 is 69.5 Å². The number of carboxylic acids is 1. The molecule has 3 aliphatic heterocycles. The summed E-state index contributed by atoms with van der Waals surface area (Å²) in [6.07, 6.45) is 1.64. The molecule has 0 radical (unpaired) electrons. The number of carbonyl (C=O) groups excluding carboxylic acids is 3. The van der Waals surface area contributed by atoms with Gasteiger partial charge >= 0.3 is 11.9 Å². The third-order valence-corrected chi connectivity index (χ3v) is 8.07. The summed E-state index contributed by atoms with van der Waals surface area (Å²) in [5.74, 6) is -2.41. The molecule has 174 valence electrons. The molecule has 2 atom stereocenters. The molecule has 4 N–H and O–H groups in total. The van der Waals surface area contributed by atoms with Crippen LogP contribution >= 0.6 is 34.9 Å². The number of nitrogen functional groups attached to an aromatic ring is 1. The number of anilines is 1. The molecule has 0 aliphatic carbocycles. The minimum Gasteiger partial charge on any atom is -0.477 e. The molecule has 0 bridgehead atoms. The minimum absolute atomic E-state index is 0.149. The van der Waals surface area contributed by atoms with Gasteiger partial charge in [-0.15, -0.1) is 34.9 Å². The molecule has 0 saturated carbocycles. The Morgan fingerprint density at radius 1 is 1.48 bits per heavy atom. The topological polar surface area (TPSA) is 174 Å². The normalized spacial score (nSPS) is 22.4. The van der Waals surface area contributed by atoms with Gasteiger partial charge in [0.05, 0.1) is 0 Å². The molecule has 12 nitrogen and oxygen atoms in total. The highest BCUT2D eigenvalue weighted by Gasteiger charge is 2.54. The number of thiazole rings is 1. The van der Waals surface area contributed by atoms with Crippen LogP contribution in [0.1, 0.15) is 5.69 Å². The maximum absolute atomic E-state index is 12.8. The summed E-state index contributed by atoms with van der Waals surface area (Å²) in [6.45, 7) is 0.199. The van der Waals surface area contributed by atoms with E-state index in [1.165, 1.54) is 36.0 Å². The standard InChI is InChI=1S/C18H17N5O7S3/c1-29-22-10(8-5-33-18(19)20-8)13(24)21-11-14(25)23-12(16(26)27)9(6-32-15(11)23)31-4-7-2-3-30-17(7)28/h2,5,11,15H,3-4,6H2,1H3,(H2,19,20)(H,21,24)(H,26,27)/t11-,15+/m1/s1. The number of nitrogens with two attached hydrogens (primary N) is 1. The van der Waals surface area contributed by atoms with Crippen molar-refractivity contribution in [2.75, 3.05) is 31.0 Å². The first-order valence-electron chi connectivity index (χ1n) is 9.35. The molecular formula is C18H17N5O7S3. The number of nitrogens with zero attached hydrogens (tertiary/aromatic N) is 3. The van der Waals surface area contributed by atoms with Gasteiger partial charge in [0.1, 0.15) is 36.5 Å². The lowest BCUT2D eigenvalue weighted by Gasteiger charge is -2.49. The van der Waals surface area contributed by atoms with Crippen LogP contribution in [0.5, 0.6) is 0 Å². The van der Waals surface area contributed by atoms with E-state index in [1.54, 1.807) is 6.08 Å². The maximum atomic E-state index is 12.8. The predicted octanol–water partition coefficient (Wildman–Crippen LogP) is -0.0117. The number of β-lactam (4-membered cyclic amide) rings is 1. The smallest absolute Gasteiger partial charge is 0.353 e. The maximum Gasteiger partial charge on any atom is 0.353 e. The Labute approximate surface area is 199 Å². The fraction of sp³-hybridized carbons (Fsp3) is 0.333. The van der Waals surface area contributed by atoms with Crippen LogP contribution in [0.3, 0.4) is 0 Å². The number of ether oxygens (including phenoxy) is 1. The van der Waals surface area contributed by atoms with Crippen molar-refractivity contribution in [3.8, 4) is 0 Å². The second-order valence-corrected chi connectivity index (χ2v) is 9.81. The molecule has 1 saturated heterocycles. The van der Waals surface area contributed by atoms with E-state index in [0.717, 1.165) is 16.2 Å². The number of nitrogens with one attached hydrogen (secondary N) is 1. The Morgan fingerprint density at radius 3 is 2.88 bits per heavy atom. The number of carboxylic acid groups (broad SMARTS) is 1. The number of oxime groups is 1. The number of cyclic esters (lactones) is 1. The van der Waals surface area contributed by atoms with E-state index >= 15 is 0 Å². The fourth-order valence-electron chi connectivity index (χ4n) is 3.28. The van der Waals surface area contributed by atoms with Gasteiger partial charge in [-0.25, -0.2) is 14.6 Å². The van der Waals surface area contributed by atoms with Crippen molar-refractivity contribution < 1.29 is 33.9 Å². The second kappa shape index (κ2) is 9.44. The summed E-state index contributed by atoms with van der Waals surface area (Å²) in [6, 6.07) is -0.950. The first kappa shape index (κ1) is 23.1. The van der Waals surface area contributed by atoms with Gasteiger partial charge in [0.2, 0.25) is 0 Å². The average molecular weight is 512 g/mol. The Hall–Kier alpha value is -3.04. The Kier molecular flexibility index (Phi) is 6.62. The summed E-state index contributed by atoms with van der Waals surface area (Å²) in [5.41, 5.74) is 5.96. The molecule has 1 fully saturated rings. The zero-order valence-corrected chi connectivity index (χ0v) is 19.4. The van der Waals surface area contributed by atoms with Crippen LogP contribution in [0.2, 0.25) is 0 Å². The van der Waals surface area contributed by atoms with Gasteiger partial charge in [0.25, 0.3) is 11.8 Å². The monoisotopic (exact) mass is 511 g/mol. The Morgan fingerprint density at radius 2 is 2.27 bits per heavy atom. The van der Waals surface area contributed by atoms with Crippen molar-refractivity contribution in [3.63, 3.8) is 0 Å². The number of aromatic nitrogens is 1. The lowest BCUT2D eigenvalue weighted by molar-refractivity contribution is -0.150. The number of fused-ring (bicyclic) bond motifs is 1. The highest BCUT2D eigenvalue weighted by molar-refractivity contribution is 8.06. The number of esters is 1. The summed E-state index contributed by atoms with van der Waals surface area (Å²) < 4.78 is 4.85. The quantitative estimate of drug-likeness (QED) is 0.185. The van der Waals surface area contributed by atoms with Gasteiger partial charge in [0.15, 0.2) is 10.8 Å². The van der Waals surface area contributed by atoms with Crippen molar-refractivity contribution in [1.29, 1.82) is 0 Å². The Bertz CT molecular complexity index is 1130. The molecule has 2 amide bonds. The number of amides is 2. The van der Waals surface area contributed by atoms with Gasteiger partial charge in [-0.2, -0.15) is 0 Å². The molecule has 33 heavy (non-hydrogen) atoms. The molecule has 4 heterocycles. The first-order chi connectivity index (χ1) is 15.8. The lowest BCUT2D eigenvalue weighted by atomic mass is 10.0. The van der Waals surface area contributed by atoms with Gasteiger partial charge in [-0.1, -0.05) is 5.16 Å². The highest BCUT2D eigenvalue weighted by Crippen LogP contribution is 2.43. The first-order valence-corrected chi connectivity index (χ1v) is 12.3. The molecule has 1 aromatic heterocycles. The molecule has 3 aliphatic rings. The minimum atomic E-state index is -1.26. The van der Waals surface area contributed by atoms with Gasteiger partial charge in [0, 0.05) is 27.4 Å². The lowest BCUT2D eigenvalue weighted by Crippen LogP contribution is -2.71. The molecule has 15 heteroatoms. The number of thioether (sulfide) groups is 2. The number of aliphatic carboxylic acids is 1. The summed E-state index contributed by atoms with van der Waals surface area (Å²) in [7, 11) is 1.26. The fourth-order valence-corrected chi connectivity index (χ4v) is 6.45. The van der Waals surface area contributed by atoms with Crippen LogP contribution in [-0.4, -0.2) is 81.1 Å². The van der Waals surface area contributed by atoms with Crippen LogP contribution in [0.4, 0.5) is 5.13 Å².